The molecule has 1 amide bonds. The molecule has 2 aromatic carbocycles. The van der Waals surface area contributed by atoms with Gasteiger partial charge in [0.25, 0.3) is 5.91 Å². The van der Waals surface area contributed by atoms with Gasteiger partial charge >= 0.3 is 6.18 Å². The van der Waals surface area contributed by atoms with Gasteiger partial charge in [0.15, 0.2) is 0 Å². The van der Waals surface area contributed by atoms with Crippen LogP contribution in [0.5, 0.6) is 5.88 Å². The lowest BCUT2D eigenvalue weighted by Crippen LogP contribution is -2.27. The smallest absolute Gasteiger partial charge is 0.417 e. The molecule has 1 saturated heterocycles. The van der Waals surface area contributed by atoms with Crippen LogP contribution in [0.2, 0.25) is 0 Å². The van der Waals surface area contributed by atoms with Crippen LogP contribution in [-0.2, 0) is 12.6 Å². The zero-order valence-electron chi connectivity index (χ0n) is 17.2. The molecule has 32 heavy (non-hydrogen) atoms. The number of ether oxygens (including phenoxy) is 1. The van der Waals surface area contributed by atoms with Crippen LogP contribution < -0.4 is 15.4 Å². The molecular formula is C24H22F3N3O2. The van der Waals surface area contributed by atoms with E-state index in [0.29, 0.717) is 31.5 Å². The minimum absolute atomic E-state index is 0.137. The van der Waals surface area contributed by atoms with E-state index in [2.05, 4.69) is 4.98 Å². The third kappa shape index (κ3) is 5.01. The number of nitrogens with two attached hydrogens (primary N) is 1. The predicted molar refractivity (Wildman–Crippen MR) is 115 cm³/mol. The number of nitrogens with zero attached hydrogens (tertiary/aromatic N) is 2. The standard InChI is InChI=1S/C24H22F3N3O2/c25-24(26,27)18-7-9-22(29-14-18)32-19-10-11-30(15-19)21-8-6-17(13-20(21)23(28)31)12-16-4-2-1-3-5-16/h1-9,13-14,19H,10-12,15H2,(H2,28,31). The van der Waals surface area contributed by atoms with Crippen molar-refractivity contribution in [3.63, 3.8) is 0 Å². The number of aromatic nitrogens is 1. The predicted octanol–water partition coefficient (Wildman–Crippen LogP) is 4.45. The summed E-state index contributed by atoms with van der Waals surface area (Å²) in [5.74, 6) is -0.373. The van der Waals surface area contributed by atoms with Gasteiger partial charge in [-0.1, -0.05) is 36.4 Å². The van der Waals surface area contributed by atoms with Crippen molar-refractivity contribution >= 4 is 11.6 Å². The van der Waals surface area contributed by atoms with E-state index in [0.717, 1.165) is 29.1 Å². The fourth-order valence-electron chi connectivity index (χ4n) is 3.83. The van der Waals surface area contributed by atoms with Crippen molar-refractivity contribution in [1.29, 1.82) is 0 Å². The quantitative estimate of drug-likeness (QED) is 0.614. The van der Waals surface area contributed by atoms with Crippen molar-refractivity contribution in [2.24, 2.45) is 5.73 Å². The number of pyridine rings is 1. The molecule has 0 aliphatic carbocycles. The normalized spacial score (nSPS) is 16.2. The van der Waals surface area contributed by atoms with Crippen molar-refractivity contribution in [3.8, 4) is 5.88 Å². The molecular weight excluding hydrogens is 419 g/mol. The Balaban J connectivity index is 1.45. The largest absolute Gasteiger partial charge is 0.472 e. The number of benzene rings is 2. The first kappa shape index (κ1) is 21.7. The highest BCUT2D eigenvalue weighted by molar-refractivity contribution is 5.99. The second-order valence-corrected chi connectivity index (χ2v) is 7.74. The first-order chi connectivity index (χ1) is 15.3. The van der Waals surface area contributed by atoms with Crippen LogP contribution >= 0.6 is 0 Å². The Morgan fingerprint density at radius 1 is 1.09 bits per heavy atom. The summed E-state index contributed by atoms with van der Waals surface area (Å²) in [5, 5.41) is 0. The fourth-order valence-corrected chi connectivity index (χ4v) is 3.83. The molecule has 4 rings (SSSR count). The van der Waals surface area contributed by atoms with Gasteiger partial charge in [-0.3, -0.25) is 4.79 Å². The summed E-state index contributed by atoms with van der Waals surface area (Å²) < 4.78 is 43.8. The fraction of sp³-hybridized carbons (Fsp3) is 0.250. The van der Waals surface area contributed by atoms with Gasteiger partial charge in [0.1, 0.15) is 6.10 Å². The van der Waals surface area contributed by atoms with Gasteiger partial charge in [0, 0.05) is 30.9 Å². The molecule has 1 fully saturated rings. The van der Waals surface area contributed by atoms with Gasteiger partial charge in [-0.2, -0.15) is 13.2 Å². The van der Waals surface area contributed by atoms with E-state index in [-0.39, 0.29) is 12.0 Å². The zero-order chi connectivity index (χ0) is 22.7. The number of amides is 1. The second-order valence-electron chi connectivity index (χ2n) is 7.74. The monoisotopic (exact) mass is 441 g/mol. The van der Waals surface area contributed by atoms with Crippen molar-refractivity contribution in [2.45, 2.75) is 25.1 Å². The summed E-state index contributed by atoms with van der Waals surface area (Å²) in [6.07, 6.45) is -2.60. The maximum absolute atomic E-state index is 12.7. The molecule has 0 saturated carbocycles. The number of hydrogen-bond donors (Lipinski definition) is 1. The highest BCUT2D eigenvalue weighted by Crippen LogP contribution is 2.31. The number of halogens is 3. The Bertz CT molecular complexity index is 1090. The van der Waals surface area contributed by atoms with Crippen LogP contribution in [0.15, 0.2) is 66.9 Å². The summed E-state index contributed by atoms with van der Waals surface area (Å²) in [4.78, 5) is 17.9. The number of carbonyl (C=O) groups excluding carboxylic acids is 1. The first-order valence-corrected chi connectivity index (χ1v) is 10.2. The molecule has 0 spiro atoms. The summed E-state index contributed by atoms with van der Waals surface area (Å²) in [6, 6.07) is 17.8. The summed E-state index contributed by atoms with van der Waals surface area (Å²) >= 11 is 0. The van der Waals surface area contributed by atoms with E-state index >= 15 is 0 Å². The van der Waals surface area contributed by atoms with Crippen LogP contribution in [0, 0.1) is 0 Å². The number of rotatable bonds is 6. The molecule has 166 valence electrons. The maximum atomic E-state index is 12.7. The number of carbonyl (C=O) groups is 1. The van der Waals surface area contributed by atoms with Gasteiger partial charge < -0.3 is 15.4 Å². The van der Waals surface area contributed by atoms with E-state index < -0.39 is 17.6 Å². The lowest BCUT2D eigenvalue weighted by atomic mass is 10.0. The Labute approximate surface area is 183 Å². The van der Waals surface area contributed by atoms with Crippen molar-refractivity contribution < 1.29 is 22.7 Å². The molecule has 8 heteroatoms. The van der Waals surface area contributed by atoms with Crippen molar-refractivity contribution in [2.75, 3.05) is 18.0 Å². The third-order valence-electron chi connectivity index (χ3n) is 5.41. The van der Waals surface area contributed by atoms with Gasteiger partial charge in [-0.25, -0.2) is 4.98 Å². The number of alkyl halides is 3. The maximum Gasteiger partial charge on any atom is 0.417 e. The molecule has 1 atom stereocenters. The highest BCUT2D eigenvalue weighted by Gasteiger charge is 2.31. The van der Waals surface area contributed by atoms with E-state index in [1.165, 1.54) is 6.07 Å². The van der Waals surface area contributed by atoms with Gasteiger partial charge in [-0.15, -0.1) is 0 Å². The Morgan fingerprint density at radius 3 is 2.53 bits per heavy atom. The molecule has 1 unspecified atom stereocenters. The minimum atomic E-state index is -4.44. The van der Waals surface area contributed by atoms with Crippen molar-refractivity contribution in [3.05, 3.63) is 89.1 Å². The van der Waals surface area contributed by atoms with Crippen molar-refractivity contribution in [1.82, 2.24) is 4.98 Å². The lowest BCUT2D eigenvalue weighted by Gasteiger charge is -2.22. The molecule has 2 N–H and O–H groups in total. The Hall–Kier alpha value is -3.55. The highest BCUT2D eigenvalue weighted by atomic mass is 19.4. The summed E-state index contributed by atoms with van der Waals surface area (Å²) in [7, 11) is 0. The van der Waals surface area contributed by atoms with E-state index in [1.807, 2.05) is 53.4 Å². The number of hydrogen-bond acceptors (Lipinski definition) is 4. The average molecular weight is 441 g/mol. The van der Waals surface area contributed by atoms with Crippen LogP contribution in [0.1, 0.15) is 33.5 Å². The van der Waals surface area contributed by atoms with Crippen LogP contribution in [0.25, 0.3) is 0 Å². The van der Waals surface area contributed by atoms with E-state index in [4.69, 9.17) is 10.5 Å². The molecule has 0 bridgehead atoms. The molecule has 2 heterocycles. The third-order valence-corrected chi connectivity index (χ3v) is 5.41. The Morgan fingerprint density at radius 2 is 1.88 bits per heavy atom. The van der Waals surface area contributed by atoms with Crippen LogP contribution in [0.3, 0.4) is 0 Å². The van der Waals surface area contributed by atoms with Gasteiger partial charge in [0.2, 0.25) is 5.88 Å². The lowest BCUT2D eigenvalue weighted by molar-refractivity contribution is -0.137. The van der Waals surface area contributed by atoms with Gasteiger partial charge in [-0.05, 0) is 35.7 Å². The number of anilines is 1. The van der Waals surface area contributed by atoms with Crippen LogP contribution in [-0.4, -0.2) is 30.1 Å². The topological polar surface area (TPSA) is 68.5 Å². The minimum Gasteiger partial charge on any atom is -0.472 e. The zero-order valence-corrected chi connectivity index (χ0v) is 17.2. The molecule has 0 radical (unpaired) electrons. The SMILES string of the molecule is NC(=O)c1cc(Cc2ccccc2)ccc1N1CCC(Oc2ccc(C(F)(F)F)cn2)C1. The molecule has 3 aromatic rings. The second kappa shape index (κ2) is 8.90. The van der Waals surface area contributed by atoms with E-state index in [1.54, 1.807) is 0 Å². The first-order valence-electron chi connectivity index (χ1n) is 10.2. The molecule has 5 nitrogen and oxygen atoms in total. The molecule has 1 aliphatic heterocycles. The Kier molecular flexibility index (Phi) is 6.03. The average Bonchev–Trinajstić information content (AvgIpc) is 3.22. The summed E-state index contributed by atoms with van der Waals surface area (Å²) in [6.45, 7) is 1.10. The van der Waals surface area contributed by atoms with Gasteiger partial charge in [0.05, 0.1) is 17.7 Å². The van der Waals surface area contributed by atoms with E-state index in [9.17, 15) is 18.0 Å². The summed E-state index contributed by atoms with van der Waals surface area (Å²) in [5.41, 5.74) is 8.11. The van der Waals surface area contributed by atoms with Crippen LogP contribution in [0.4, 0.5) is 18.9 Å². The molecule has 1 aliphatic rings. The molecule has 1 aromatic heterocycles. The number of primary amides is 1.